The first-order valence-corrected chi connectivity index (χ1v) is 8.25. The Morgan fingerprint density at radius 1 is 1.19 bits per heavy atom. The number of aryl methyl sites for hydroxylation is 1. The highest BCUT2D eigenvalue weighted by atomic mass is 16.2. The monoisotopic (exact) mass is 360 g/mol. The van der Waals surface area contributed by atoms with Gasteiger partial charge in [0.15, 0.2) is 0 Å². The fourth-order valence-electron chi connectivity index (χ4n) is 2.79. The molecule has 0 aliphatic carbocycles. The number of nitrogens with zero attached hydrogens (tertiary/aromatic N) is 7. The normalized spacial score (nSPS) is 11.7. The van der Waals surface area contributed by atoms with Crippen molar-refractivity contribution in [1.82, 2.24) is 35.0 Å². The molecular weight excluding hydrogens is 344 g/mol. The first kappa shape index (κ1) is 16.6. The van der Waals surface area contributed by atoms with E-state index in [-0.39, 0.29) is 5.91 Å². The van der Waals surface area contributed by atoms with Crippen molar-refractivity contribution < 1.29 is 4.79 Å². The van der Waals surface area contributed by atoms with Crippen molar-refractivity contribution in [2.45, 2.75) is 13.8 Å². The highest BCUT2D eigenvalue weighted by molar-refractivity contribution is 6.01. The molecule has 0 saturated heterocycles. The second-order valence-corrected chi connectivity index (χ2v) is 5.92. The van der Waals surface area contributed by atoms with Gasteiger partial charge in [-0.2, -0.15) is 5.10 Å². The summed E-state index contributed by atoms with van der Waals surface area (Å²) in [7, 11) is 0. The Morgan fingerprint density at radius 3 is 2.89 bits per heavy atom. The number of amides is 1. The van der Waals surface area contributed by atoms with Crippen LogP contribution in [-0.4, -0.2) is 41.2 Å². The van der Waals surface area contributed by atoms with E-state index in [1.54, 1.807) is 22.2 Å². The van der Waals surface area contributed by atoms with Crippen molar-refractivity contribution >= 4 is 17.3 Å². The lowest BCUT2D eigenvalue weighted by atomic mass is 10.1. The summed E-state index contributed by atoms with van der Waals surface area (Å²) < 4.78 is 3.30. The molecule has 9 nitrogen and oxygen atoms in total. The number of imidazole rings is 1. The lowest BCUT2D eigenvalue weighted by molar-refractivity contribution is 0.0948. The predicted octanol–water partition coefficient (Wildman–Crippen LogP) is 1.77. The Labute approximate surface area is 154 Å². The van der Waals surface area contributed by atoms with E-state index >= 15 is 0 Å². The number of carbonyl (C=O) groups is 1. The molecule has 0 spiro atoms. The van der Waals surface area contributed by atoms with Crippen molar-refractivity contribution in [2.75, 3.05) is 0 Å². The summed E-state index contributed by atoms with van der Waals surface area (Å²) in [5.74, 6) is -0.317. The molecule has 1 N–H and O–H groups in total. The second-order valence-electron chi connectivity index (χ2n) is 5.92. The molecule has 0 bridgehead atoms. The van der Waals surface area contributed by atoms with Gasteiger partial charge in [0.25, 0.3) is 5.91 Å². The van der Waals surface area contributed by atoms with Crippen molar-refractivity contribution in [3.8, 4) is 5.69 Å². The van der Waals surface area contributed by atoms with Crippen LogP contribution in [0.15, 0.2) is 60.1 Å². The third kappa shape index (κ3) is 3.17. The molecule has 0 unspecified atom stereocenters. The lowest BCUT2D eigenvalue weighted by Gasteiger charge is -2.06. The molecule has 3 heterocycles. The third-order valence-corrected chi connectivity index (χ3v) is 4.12. The molecule has 0 aliphatic heterocycles. The van der Waals surface area contributed by atoms with Gasteiger partial charge in [-0.3, -0.25) is 9.20 Å². The number of fused-ring (bicyclic) bond motifs is 1. The van der Waals surface area contributed by atoms with Gasteiger partial charge in [0, 0.05) is 6.20 Å². The predicted molar refractivity (Wildman–Crippen MR) is 98.8 cm³/mol. The summed E-state index contributed by atoms with van der Waals surface area (Å²) in [6.45, 7) is 3.62. The fraction of sp³-hybridized carbons (Fsp3) is 0.111. The minimum Gasteiger partial charge on any atom is -0.295 e. The van der Waals surface area contributed by atoms with Gasteiger partial charge in [-0.25, -0.2) is 15.1 Å². The molecular formula is C18H16N8O. The number of aromatic nitrogens is 6. The van der Waals surface area contributed by atoms with Crippen LogP contribution >= 0.6 is 0 Å². The van der Waals surface area contributed by atoms with E-state index in [0.717, 1.165) is 16.9 Å². The summed E-state index contributed by atoms with van der Waals surface area (Å²) in [5.41, 5.74) is 6.74. The van der Waals surface area contributed by atoms with Crippen LogP contribution in [-0.2, 0) is 0 Å². The number of tetrazole rings is 1. The van der Waals surface area contributed by atoms with Gasteiger partial charge in [-0.15, -0.1) is 5.10 Å². The number of hydrogen-bond acceptors (Lipinski definition) is 6. The maximum absolute atomic E-state index is 12.6. The lowest BCUT2D eigenvalue weighted by Crippen LogP contribution is -2.22. The summed E-state index contributed by atoms with van der Waals surface area (Å²) in [4.78, 5) is 17.0. The Bertz CT molecular complexity index is 1140. The number of rotatable bonds is 4. The van der Waals surface area contributed by atoms with E-state index in [4.69, 9.17) is 0 Å². The molecule has 27 heavy (non-hydrogen) atoms. The summed E-state index contributed by atoms with van der Waals surface area (Å²) in [6, 6.07) is 13.1. The van der Waals surface area contributed by atoms with Crippen LogP contribution in [0.25, 0.3) is 11.3 Å². The minimum atomic E-state index is -0.317. The average Bonchev–Trinajstić information content (AvgIpc) is 3.33. The van der Waals surface area contributed by atoms with Crippen molar-refractivity contribution in [1.29, 1.82) is 0 Å². The summed E-state index contributed by atoms with van der Waals surface area (Å²) in [6.07, 6.45) is 3.32. The topological polar surface area (TPSA) is 102 Å². The Balaban J connectivity index is 1.58. The molecule has 1 amide bonds. The number of hydrazone groups is 1. The maximum atomic E-state index is 12.6. The quantitative estimate of drug-likeness (QED) is 0.441. The third-order valence-electron chi connectivity index (χ3n) is 4.12. The fourth-order valence-corrected chi connectivity index (χ4v) is 2.79. The van der Waals surface area contributed by atoms with E-state index in [9.17, 15) is 4.79 Å². The van der Waals surface area contributed by atoms with Gasteiger partial charge in [-0.1, -0.05) is 18.2 Å². The number of hydrogen-bond donors (Lipinski definition) is 1. The van der Waals surface area contributed by atoms with Gasteiger partial charge in [0.1, 0.15) is 17.7 Å². The number of benzene rings is 1. The van der Waals surface area contributed by atoms with E-state index in [1.165, 1.54) is 6.33 Å². The number of nitrogens with one attached hydrogen (secondary N) is 1. The highest BCUT2D eigenvalue weighted by Gasteiger charge is 2.16. The molecule has 0 radical (unpaired) electrons. The molecule has 4 rings (SSSR count). The van der Waals surface area contributed by atoms with E-state index in [1.807, 2.05) is 49.4 Å². The SMILES string of the molecule is C/C(=N/NC(=O)c1c(C)nc2ccccn12)c1cccc(-n2cnnn2)c1. The Morgan fingerprint density at radius 2 is 2.07 bits per heavy atom. The molecule has 3 aromatic heterocycles. The summed E-state index contributed by atoms with van der Waals surface area (Å²) in [5, 5.41) is 15.4. The molecule has 0 atom stereocenters. The zero-order chi connectivity index (χ0) is 18.8. The zero-order valence-electron chi connectivity index (χ0n) is 14.7. The number of carbonyl (C=O) groups excluding carboxylic acids is 1. The average molecular weight is 360 g/mol. The van der Waals surface area contributed by atoms with Crippen LogP contribution in [0.5, 0.6) is 0 Å². The zero-order valence-corrected chi connectivity index (χ0v) is 14.7. The van der Waals surface area contributed by atoms with Gasteiger partial charge >= 0.3 is 0 Å². The van der Waals surface area contributed by atoms with Crippen LogP contribution in [0.2, 0.25) is 0 Å². The van der Waals surface area contributed by atoms with Gasteiger partial charge < -0.3 is 0 Å². The molecule has 9 heteroatoms. The van der Waals surface area contributed by atoms with Crippen molar-refractivity contribution in [3.05, 3.63) is 71.9 Å². The van der Waals surface area contributed by atoms with E-state index in [0.29, 0.717) is 17.1 Å². The first-order valence-electron chi connectivity index (χ1n) is 8.25. The standard InChI is InChI=1S/C18H16N8O/c1-12(14-6-5-7-15(10-14)26-11-19-23-24-26)21-22-18(27)17-13(2)20-16-8-3-4-9-25(16)17/h3-11H,1-2H3,(H,22,27)/b21-12-. The Hall–Kier alpha value is -3.88. The van der Waals surface area contributed by atoms with Crippen molar-refractivity contribution in [3.63, 3.8) is 0 Å². The molecule has 1 aromatic carbocycles. The van der Waals surface area contributed by atoms with Crippen molar-refractivity contribution in [2.24, 2.45) is 5.10 Å². The van der Waals surface area contributed by atoms with Gasteiger partial charge in [0.05, 0.1) is 17.1 Å². The smallest absolute Gasteiger partial charge is 0.290 e. The maximum Gasteiger partial charge on any atom is 0.290 e. The van der Waals surface area contributed by atoms with Gasteiger partial charge in [0.2, 0.25) is 0 Å². The van der Waals surface area contributed by atoms with Crippen LogP contribution < -0.4 is 5.43 Å². The largest absolute Gasteiger partial charge is 0.295 e. The van der Waals surface area contributed by atoms with E-state index < -0.39 is 0 Å². The van der Waals surface area contributed by atoms with Crippen LogP contribution in [0.3, 0.4) is 0 Å². The molecule has 0 aliphatic rings. The van der Waals surface area contributed by atoms with Crippen LogP contribution in [0.4, 0.5) is 0 Å². The minimum absolute atomic E-state index is 0.317. The number of pyridine rings is 1. The molecule has 134 valence electrons. The first-order chi connectivity index (χ1) is 13.1. The van der Waals surface area contributed by atoms with Crippen LogP contribution in [0.1, 0.15) is 28.7 Å². The van der Waals surface area contributed by atoms with Crippen LogP contribution in [0, 0.1) is 6.92 Å². The Kier molecular flexibility index (Phi) is 4.17. The summed E-state index contributed by atoms with van der Waals surface area (Å²) >= 11 is 0. The molecule has 0 saturated carbocycles. The molecule has 0 fully saturated rings. The second kappa shape index (κ2) is 6.79. The van der Waals surface area contributed by atoms with E-state index in [2.05, 4.69) is 31.0 Å². The highest BCUT2D eigenvalue weighted by Crippen LogP contribution is 2.12. The van der Waals surface area contributed by atoms with Gasteiger partial charge in [-0.05, 0) is 54.1 Å². The molecule has 4 aromatic rings.